The smallest absolute Gasteiger partial charge is 0.387 e. The average Bonchev–Trinajstić information content (AvgIpc) is 2.71. The highest BCUT2D eigenvalue weighted by Gasteiger charge is 2.09. The third kappa shape index (κ3) is 6.00. The Hall–Kier alpha value is -3.48. The van der Waals surface area contributed by atoms with E-state index in [9.17, 15) is 18.4 Å². The Bertz CT molecular complexity index is 986. The average molecular weight is 398 g/mol. The van der Waals surface area contributed by atoms with Gasteiger partial charge in [-0.05, 0) is 34.0 Å². The van der Waals surface area contributed by atoms with E-state index in [1.54, 1.807) is 12.1 Å². The van der Waals surface area contributed by atoms with Crippen molar-refractivity contribution in [3.05, 3.63) is 77.9 Å². The lowest BCUT2D eigenvalue weighted by Gasteiger charge is -2.09. The number of alkyl halides is 2. The summed E-state index contributed by atoms with van der Waals surface area (Å²) in [5, 5.41) is 7.34. The molecule has 0 radical (unpaired) electrons. The van der Waals surface area contributed by atoms with Crippen LogP contribution in [-0.2, 0) is 22.6 Å². The van der Waals surface area contributed by atoms with Gasteiger partial charge in [-0.1, -0.05) is 54.6 Å². The molecule has 0 fully saturated rings. The van der Waals surface area contributed by atoms with E-state index in [0.717, 1.165) is 21.9 Å². The van der Waals surface area contributed by atoms with E-state index in [-0.39, 0.29) is 37.1 Å². The van der Waals surface area contributed by atoms with Gasteiger partial charge in [0.15, 0.2) is 0 Å². The Morgan fingerprint density at radius 1 is 0.862 bits per heavy atom. The second-order valence-corrected chi connectivity index (χ2v) is 6.39. The summed E-state index contributed by atoms with van der Waals surface area (Å²) >= 11 is 0. The Morgan fingerprint density at radius 3 is 2.34 bits per heavy atom. The molecule has 0 unspecified atom stereocenters. The van der Waals surface area contributed by atoms with Crippen LogP contribution in [0, 0.1) is 0 Å². The minimum Gasteiger partial charge on any atom is -0.435 e. The molecule has 0 heterocycles. The number of ether oxygens (including phenoxy) is 1. The second-order valence-electron chi connectivity index (χ2n) is 6.39. The summed E-state index contributed by atoms with van der Waals surface area (Å²) in [4.78, 5) is 24.1. The van der Waals surface area contributed by atoms with Gasteiger partial charge in [-0.3, -0.25) is 9.59 Å². The number of benzene rings is 3. The number of carbonyl (C=O) groups excluding carboxylic acids is 2. The largest absolute Gasteiger partial charge is 0.435 e. The fourth-order valence-corrected chi connectivity index (χ4v) is 2.91. The molecular weight excluding hydrogens is 378 g/mol. The highest BCUT2D eigenvalue weighted by atomic mass is 19.3. The summed E-state index contributed by atoms with van der Waals surface area (Å²) in [6.45, 7) is -2.80. The first-order chi connectivity index (χ1) is 14.0. The molecule has 0 atom stereocenters. The summed E-state index contributed by atoms with van der Waals surface area (Å²) in [6.07, 6.45) is 0.181. The molecule has 3 aromatic rings. The van der Waals surface area contributed by atoms with E-state index in [1.807, 2.05) is 42.5 Å². The fraction of sp³-hybridized carbons (Fsp3) is 0.182. The SMILES string of the molecule is O=C(CNC(=O)Cc1cccc2ccccc12)NCc1ccc(OC(F)F)cc1. The molecule has 3 aromatic carbocycles. The zero-order valence-electron chi connectivity index (χ0n) is 15.5. The van der Waals surface area contributed by atoms with Gasteiger partial charge >= 0.3 is 6.61 Å². The summed E-state index contributed by atoms with van der Waals surface area (Å²) in [5.74, 6) is -0.537. The highest BCUT2D eigenvalue weighted by Crippen LogP contribution is 2.19. The topological polar surface area (TPSA) is 67.4 Å². The van der Waals surface area contributed by atoms with Gasteiger partial charge < -0.3 is 15.4 Å². The maximum absolute atomic E-state index is 12.2. The van der Waals surface area contributed by atoms with Crippen molar-refractivity contribution >= 4 is 22.6 Å². The first-order valence-corrected chi connectivity index (χ1v) is 9.05. The van der Waals surface area contributed by atoms with E-state index >= 15 is 0 Å². The van der Waals surface area contributed by atoms with E-state index in [2.05, 4.69) is 15.4 Å². The number of fused-ring (bicyclic) bond motifs is 1. The molecule has 2 amide bonds. The van der Waals surface area contributed by atoms with Gasteiger partial charge in [0.1, 0.15) is 5.75 Å². The van der Waals surface area contributed by atoms with Crippen LogP contribution >= 0.6 is 0 Å². The molecule has 150 valence electrons. The van der Waals surface area contributed by atoms with Crippen LogP contribution in [-0.4, -0.2) is 25.0 Å². The fourth-order valence-electron chi connectivity index (χ4n) is 2.91. The standard InChI is InChI=1S/C22H20F2N2O3/c23-22(24)29-18-10-8-15(9-11-18)13-25-21(28)14-26-20(27)12-17-6-3-5-16-4-1-2-7-19(16)17/h1-11,22H,12-14H2,(H,25,28)(H,26,27). The molecule has 0 aliphatic carbocycles. The van der Waals surface area contributed by atoms with Gasteiger partial charge in [0.25, 0.3) is 0 Å². The number of amides is 2. The molecule has 0 spiro atoms. The van der Waals surface area contributed by atoms with Gasteiger partial charge in [-0.2, -0.15) is 8.78 Å². The Labute approximate surface area is 166 Å². The van der Waals surface area contributed by atoms with Gasteiger partial charge in [-0.15, -0.1) is 0 Å². The van der Waals surface area contributed by atoms with Crippen LogP contribution in [0.3, 0.4) is 0 Å². The van der Waals surface area contributed by atoms with Crippen molar-refractivity contribution in [2.75, 3.05) is 6.54 Å². The number of hydrogen-bond acceptors (Lipinski definition) is 3. The minimum atomic E-state index is -2.88. The van der Waals surface area contributed by atoms with Crippen molar-refractivity contribution in [3.8, 4) is 5.75 Å². The highest BCUT2D eigenvalue weighted by molar-refractivity contribution is 5.91. The van der Waals surface area contributed by atoms with Crippen LogP contribution in [0.25, 0.3) is 10.8 Å². The number of nitrogens with one attached hydrogen (secondary N) is 2. The molecular formula is C22H20F2N2O3. The van der Waals surface area contributed by atoms with Crippen molar-refractivity contribution in [2.45, 2.75) is 19.6 Å². The Morgan fingerprint density at radius 2 is 1.59 bits per heavy atom. The quantitative estimate of drug-likeness (QED) is 0.611. The minimum absolute atomic E-state index is 0.0516. The molecule has 0 aliphatic rings. The van der Waals surface area contributed by atoms with E-state index in [4.69, 9.17) is 0 Å². The van der Waals surface area contributed by atoms with Gasteiger partial charge in [0.05, 0.1) is 13.0 Å². The van der Waals surface area contributed by atoms with Crippen molar-refractivity contribution in [1.29, 1.82) is 0 Å². The lowest BCUT2D eigenvalue weighted by atomic mass is 10.0. The summed E-state index contributed by atoms with van der Waals surface area (Å²) < 4.78 is 28.5. The maximum atomic E-state index is 12.2. The molecule has 2 N–H and O–H groups in total. The normalized spacial score (nSPS) is 10.7. The van der Waals surface area contributed by atoms with Crippen LogP contribution in [0.5, 0.6) is 5.75 Å². The number of rotatable bonds is 8. The summed E-state index contributed by atoms with van der Waals surface area (Å²) in [6, 6.07) is 19.5. The maximum Gasteiger partial charge on any atom is 0.387 e. The summed E-state index contributed by atoms with van der Waals surface area (Å²) in [5.41, 5.74) is 1.62. The first-order valence-electron chi connectivity index (χ1n) is 9.05. The molecule has 0 aromatic heterocycles. The van der Waals surface area contributed by atoms with E-state index in [0.29, 0.717) is 0 Å². The Balaban J connectivity index is 1.45. The van der Waals surface area contributed by atoms with Crippen molar-refractivity contribution in [3.63, 3.8) is 0 Å². The lowest BCUT2D eigenvalue weighted by Crippen LogP contribution is -2.37. The zero-order valence-corrected chi connectivity index (χ0v) is 15.5. The number of carbonyl (C=O) groups is 2. The third-order valence-electron chi connectivity index (χ3n) is 4.32. The number of hydrogen-bond donors (Lipinski definition) is 2. The molecule has 0 saturated heterocycles. The zero-order chi connectivity index (χ0) is 20.6. The molecule has 0 saturated carbocycles. The van der Waals surface area contributed by atoms with Crippen molar-refractivity contribution in [1.82, 2.24) is 10.6 Å². The monoisotopic (exact) mass is 398 g/mol. The molecule has 5 nitrogen and oxygen atoms in total. The van der Waals surface area contributed by atoms with Crippen molar-refractivity contribution in [2.24, 2.45) is 0 Å². The van der Waals surface area contributed by atoms with Gasteiger partial charge in [0, 0.05) is 6.54 Å². The Kier molecular flexibility index (Phi) is 6.73. The molecule has 0 aliphatic heterocycles. The summed E-state index contributed by atoms with van der Waals surface area (Å²) in [7, 11) is 0. The molecule has 3 rings (SSSR count). The van der Waals surface area contributed by atoms with Crippen LogP contribution in [0.4, 0.5) is 8.78 Å². The molecule has 29 heavy (non-hydrogen) atoms. The molecule has 0 bridgehead atoms. The van der Waals surface area contributed by atoms with Crippen LogP contribution in [0.2, 0.25) is 0 Å². The predicted octanol–water partition coefficient (Wildman–Crippen LogP) is 3.42. The second kappa shape index (κ2) is 9.64. The van der Waals surface area contributed by atoms with Crippen LogP contribution < -0.4 is 15.4 Å². The van der Waals surface area contributed by atoms with Crippen LogP contribution in [0.1, 0.15) is 11.1 Å². The van der Waals surface area contributed by atoms with Crippen molar-refractivity contribution < 1.29 is 23.1 Å². The predicted molar refractivity (Wildman–Crippen MR) is 106 cm³/mol. The van der Waals surface area contributed by atoms with Gasteiger partial charge in [-0.25, -0.2) is 0 Å². The third-order valence-corrected chi connectivity index (χ3v) is 4.32. The first kappa shape index (κ1) is 20.3. The molecule has 7 heteroatoms. The lowest BCUT2D eigenvalue weighted by molar-refractivity contribution is -0.125. The number of halogens is 2. The van der Waals surface area contributed by atoms with E-state index < -0.39 is 6.61 Å². The van der Waals surface area contributed by atoms with Gasteiger partial charge in [0.2, 0.25) is 11.8 Å². The van der Waals surface area contributed by atoms with E-state index in [1.165, 1.54) is 12.1 Å². The van der Waals surface area contributed by atoms with Crippen LogP contribution in [0.15, 0.2) is 66.7 Å².